The molecule has 8 heteroatoms. The van der Waals surface area contributed by atoms with Gasteiger partial charge in [-0.3, -0.25) is 19.1 Å². The summed E-state index contributed by atoms with van der Waals surface area (Å²) in [6.07, 6.45) is 0.233. The molecule has 1 aliphatic heterocycles. The van der Waals surface area contributed by atoms with E-state index in [-0.39, 0.29) is 24.8 Å². The van der Waals surface area contributed by atoms with Crippen molar-refractivity contribution < 1.29 is 14.0 Å². The molecule has 0 aliphatic carbocycles. The van der Waals surface area contributed by atoms with E-state index in [0.717, 1.165) is 16.8 Å². The Balaban J connectivity index is 1.25. The molecule has 2 heterocycles. The fourth-order valence-corrected chi connectivity index (χ4v) is 4.03. The minimum absolute atomic E-state index is 0.00154. The zero-order valence-electron chi connectivity index (χ0n) is 18.5. The van der Waals surface area contributed by atoms with Crippen molar-refractivity contribution in [1.82, 2.24) is 14.4 Å². The first-order chi connectivity index (χ1) is 15.4. The number of fused-ring (bicyclic) bond motifs is 1. The molecule has 1 aromatic heterocycles. The maximum Gasteiger partial charge on any atom is 0.419 e. The highest BCUT2D eigenvalue weighted by Gasteiger charge is 2.23. The third-order valence-corrected chi connectivity index (χ3v) is 6.09. The standard InChI is InChI=1S/C24H28N4O4/c1-17-6-5-7-19(18(17)2)25-22(29)16-26-12-14-27(15-13-26)23(30)10-11-28-20-8-3-4-9-21(20)32-24(28)31/h3-9H,10-16H2,1-2H3,(H,25,29). The van der Waals surface area contributed by atoms with Gasteiger partial charge in [-0.15, -0.1) is 0 Å². The molecule has 0 unspecified atom stereocenters. The lowest BCUT2D eigenvalue weighted by Gasteiger charge is -2.34. The monoisotopic (exact) mass is 436 g/mol. The highest BCUT2D eigenvalue weighted by molar-refractivity contribution is 5.93. The van der Waals surface area contributed by atoms with E-state index in [2.05, 4.69) is 10.2 Å². The second-order valence-electron chi connectivity index (χ2n) is 8.19. The zero-order valence-corrected chi connectivity index (χ0v) is 18.5. The van der Waals surface area contributed by atoms with Gasteiger partial charge in [-0.05, 0) is 43.2 Å². The Morgan fingerprint density at radius 3 is 2.53 bits per heavy atom. The summed E-state index contributed by atoms with van der Waals surface area (Å²) in [6.45, 7) is 7.01. The summed E-state index contributed by atoms with van der Waals surface area (Å²) in [7, 11) is 0. The van der Waals surface area contributed by atoms with E-state index >= 15 is 0 Å². The molecule has 8 nitrogen and oxygen atoms in total. The number of rotatable bonds is 6. The highest BCUT2D eigenvalue weighted by atomic mass is 16.4. The maximum absolute atomic E-state index is 12.7. The van der Waals surface area contributed by atoms with Crippen LogP contribution >= 0.6 is 0 Å². The Bertz CT molecular complexity index is 1190. The normalized spacial score (nSPS) is 14.6. The number of aromatic nitrogens is 1. The quantitative estimate of drug-likeness (QED) is 0.641. The summed E-state index contributed by atoms with van der Waals surface area (Å²) in [6, 6.07) is 13.1. The van der Waals surface area contributed by atoms with Crippen LogP contribution in [0.5, 0.6) is 0 Å². The Labute approximate surface area is 186 Å². The van der Waals surface area contributed by atoms with Gasteiger partial charge in [0, 0.05) is 44.8 Å². The summed E-state index contributed by atoms with van der Waals surface area (Å²) >= 11 is 0. The van der Waals surface area contributed by atoms with Crippen molar-refractivity contribution >= 4 is 28.6 Å². The molecule has 2 aromatic carbocycles. The minimum atomic E-state index is -0.446. The number of carbonyl (C=O) groups is 2. The van der Waals surface area contributed by atoms with E-state index < -0.39 is 5.76 Å². The molecule has 0 radical (unpaired) electrons. The third kappa shape index (κ3) is 4.75. The number of nitrogens with zero attached hydrogens (tertiary/aromatic N) is 3. The number of aryl methyl sites for hydroxylation is 2. The van der Waals surface area contributed by atoms with Gasteiger partial charge in [0.2, 0.25) is 11.8 Å². The summed E-state index contributed by atoms with van der Waals surface area (Å²) < 4.78 is 6.72. The number of benzene rings is 2. The fourth-order valence-electron chi connectivity index (χ4n) is 4.03. The number of carbonyl (C=O) groups excluding carboxylic acids is 2. The van der Waals surface area contributed by atoms with Crippen LogP contribution in [-0.2, 0) is 16.1 Å². The number of amides is 2. The first-order valence-corrected chi connectivity index (χ1v) is 10.9. The first kappa shape index (κ1) is 21.8. The number of anilines is 1. The number of hydrogen-bond donors (Lipinski definition) is 1. The Morgan fingerprint density at radius 1 is 1.00 bits per heavy atom. The molecule has 0 atom stereocenters. The van der Waals surface area contributed by atoms with Crippen molar-refractivity contribution in [3.8, 4) is 0 Å². The molecule has 0 spiro atoms. The molecule has 1 N–H and O–H groups in total. The SMILES string of the molecule is Cc1cccc(NC(=O)CN2CCN(C(=O)CCn3c(=O)oc4ccccc43)CC2)c1C. The van der Waals surface area contributed by atoms with Crippen LogP contribution in [0.4, 0.5) is 5.69 Å². The van der Waals surface area contributed by atoms with Gasteiger partial charge >= 0.3 is 5.76 Å². The summed E-state index contributed by atoms with van der Waals surface area (Å²) in [5.74, 6) is -0.495. The molecule has 1 fully saturated rings. The number of nitrogens with one attached hydrogen (secondary N) is 1. The molecule has 3 aromatic rings. The fraction of sp³-hybridized carbons (Fsp3) is 0.375. The van der Waals surface area contributed by atoms with Crippen LogP contribution in [-0.4, -0.2) is 58.9 Å². The van der Waals surface area contributed by atoms with Crippen molar-refractivity contribution in [2.45, 2.75) is 26.8 Å². The van der Waals surface area contributed by atoms with E-state index in [1.807, 2.05) is 50.2 Å². The number of para-hydroxylation sites is 2. The summed E-state index contributed by atoms with van der Waals surface area (Å²) in [5, 5.41) is 2.99. The zero-order chi connectivity index (χ0) is 22.7. The topological polar surface area (TPSA) is 87.8 Å². The second kappa shape index (κ2) is 9.40. The minimum Gasteiger partial charge on any atom is -0.408 e. The Hall–Kier alpha value is -3.39. The van der Waals surface area contributed by atoms with Crippen LogP contribution in [0.25, 0.3) is 11.1 Å². The van der Waals surface area contributed by atoms with Gasteiger partial charge < -0.3 is 14.6 Å². The molecule has 1 aliphatic rings. The lowest BCUT2D eigenvalue weighted by molar-refractivity contribution is -0.133. The van der Waals surface area contributed by atoms with Crippen LogP contribution in [0.3, 0.4) is 0 Å². The van der Waals surface area contributed by atoms with E-state index in [9.17, 15) is 14.4 Å². The van der Waals surface area contributed by atoms with Crippen molar-refractivity contribution in [3.63, 3.8) is 0 Å². The van der Waals surface area contributed by atoms with E-state index in [0.29, 0.717) is 43.8 Å². The average molecular weight is 437 g/mol. The number of oxazole rings is 1. The lowest BCUT2D eigenvalue weighted by atomic mass is 10.1. The van der Waals surface area contributed by atoms with Gasteiger partial charge in [-0.25, -0.2) is 4.79 Å². The largest absolute Gasteiger partial charge is 0.419 e. The molecule has 1 saturated heterocycles. The average Bonchev–Trinajstić information content (AvgIpc) is 3.10. The second-order valence-corrected chi connectivity index (χ2v) is 8.19. The van der Waals surface area contributed by atoms with Crippen molar-refractivity contribution in [3.05, 3.63) is 64.1 Å². The lowest BCUT2D eigenvalue weighted by Crippen LogP contribution is -2.50. The van der Waals surface area contributed by atoms with Crippen LogP contribution in [0.1, 0.15) is 17.5 Å². The van der Waals surface area contributed by atoms with Crippen LogP contribution < -0.4 is 11.1 Å². The van der Waals surface area contributed by atoms with Gasteiger partial charge in [0.25, 0.3) is 0 Å². The van der Waals surface area contributed by atoms with E-state index in [4.69, 9.17) is 4.42 Å². The highest BCUT2D eigenvalue weighted by Crippen LogP contribution is 2.18. The molecule has 2 amide bonds. The molecule has 0 saturated carbocycles. The Kier molecular flexibility index (Phi) is 6.41. The van der Waals surface area contributed by atoms with Gasteiger partial charge in [0.05, 0.1) is 12.1 Å². The van der Waals surface area contributed by atoms with E-state index in [1.54, 1.807) is 11.0 Å². The van der Waals surface area contributed by atoms with Crippen LogP contribution in [0.2, 0.25) is 0 Å². The maximum atomic E-state index is 12.7. The Morgan fingerprint density at radius 2 is 1.75 bits per heavy atom. The van der Waals surface area contributed by atoms with Gasteiger partial charge in [-0.2, -0.15) is 0 Å². The molecule has 4 rings (SSSR count). The number of hydrogen-bond acceptors (Lipinski definition) is 5. The van der Waals surface area contributed by atoms with Crippen molar-refractivity contribution in [1.29, 1.82) is 0 Å². The first-order valence-electron chi connectivity index (χ1n) is 10.9. The predicted octanol–water partition coefficient (Wildman–Crippen LogP) is 2.38. The summed E-state index contributed by atoms with van der Waals surface area (Å²) in [4.78, 5) is 41.0. The molecule has 168 valence electrons. The van der Waals surface area contributed by atoms with Crippen LogP contribution in [0.15, 0.2) is 51.7 Å². The molecular weight excluding hydrogens is 408 g/mol. The summed E-state index contributed by atoms with van der Waals surface area (Å²) in [5.41, 5.74) is 4.27. The smallest absolute Gasteiger partial charge is 0.408 e. The number of piperazine rings is 1. The van der Waals surface area contributed by atoms with Gasteiger partial charge in [0.15, 0.2) is 5.58 Å². The van der Waals surface area contributed by atoms with Gasteiger partial charge in [-0.1, -0.05) is 24.3 Å². The van der Waals surface area contributed by atoms with Crippen molar-refractivity contribution in [2.75, 3.05) is 38.0 Å². The molecule has 32 heavy (non-hydrogen) atoms. The van der Waals surface area contributed by atoms with Crippen LogP contribution in [0, 0.1) is 13.8 Å². The molecular formula is C24H28N4O4. The van der Waals surface area contributed by atoms with Crippen molar-refractivity contribution in [2.24, 2.45) is 0 Å². The van der Waals surface area contributed by atoms with E-state index in [1.165, 1.54) is 4.57 Å². The van der Waals surface area contributed by atoms with Gasteiger partial charge in [0.1, 0.15) is 0 Å². The predicted molar refractivity (Wildman–Crippen MR) is 123 cm³/mol. The third-order valence-electron chi connectivity index (χ3n) is 6.09. The molecule has 0 bridgehead atoms.